The predicted molar refractivity (Wildman–Crippen MR) is 54.5 cm³/mol. The average Bonchev–Trinajstić information content (AvgIpc) is 2.15. The van der Waals surface area contributed by atoms with Crippen molar-refractivity contribution in [2.75, 3.05) is 0 Å². The summed E-state index contributed by atoms with van der Waals surface area (Å²) in [4.78, 5) is 11.0. The Hall–Kier alpha value is -1.03. The van der Waals surface area contributed by atoms with Gasteiger partial charge in [-0.1, -0.05) is 0 Å². The number of rotatable bonds is 2. The lowest BCUT2D eigenvalue weighted by molar-refractivity contribution is 0.0627. The van der Waals surface area contributed by atoms with Crippen LogP contribution >= 0.6 is 22.6 Å². The number of ketones is 1. The first-order chi connectivity index (χ1) is 6.45. The molecule has 1 aromatic carbocycles. The third-order valence-corrected chi connectivity index (χ3v) is 2.02. The van der Waals surface area contributed by atoms with Gasteiger partial charge in [-0.25, -0.2) is 0 Å². The molecule has 0 amide bonds. The number of nitrogens with zero attached hydrogens (tertiary/aromatic N) is 1. The van der Waals surface area contributed by atoms with Crippen molar-refractivity contribution < 1.29 is 13.6 Å². The molecule has 0 radical (unpaired) electrons. The molecule has 0 saturated carbocycles. The Kier molecular flexibility index (Phi) is 3.16. The molecule has 0 N–H and O–H groups in total. The Morgan fingerprint density at radius 1 is 1.36 bits per heavy atom. The Bertz CT molecular complexity index is 389. The first kappa shape index (κ1) is 11.0. The molecular formula is C9H4F2INO. The standard InChI is InChI=1S/C9H4F2INO/c10-9(11,12)8(14)7-3-1-6(5-13)2-4-7/h1-4H. The molecule has 0 saturated heterocycles. The van der Waals surface area contributed by atoms with Crippen molar-refractivity contribution in [3.05, 3.63) is 35.4 Å². The van der Waals surface area contributed by atoms with Gasteiger partial charge in [0.2, 0.25) is 5.78 Å². The lowest BCUT2D eigenvalue weighted by Crippen LogP contribution is -2.20. The Morgan fingerprint density at radius 2 is 1.86 bits per heavy atom. The fraction of sp³-hybridized carbons (Fsp3) is 0.111. The maximum atomic E-state index is 12.6. The van der Waals surface area contributed by atoms with Crippen molar-refractivity contribution in [1.82, 2.24) is 0 Å². The van der Waals surface area contributed by atoms with Crippen LogP contribution < -0.4 is 0 Å². The highest BCUT2D eigenvalue weighted by Gasteiger charge is 2.35. The summed E-state index contributed by atoms with van der Waals surface area (Å²) in [6.07, 6.45) is 0. The fourth-order valence-electron chi connectivity index (χ4n) is 0.860. The molecule has 0 aliphatic rings. The summed E-state index contributed by atoms with van der Waals surface area (Å²) in [7, 11) is 0. The smallest absolute Gasteiger partial charge is 0.286 e. The second-order valence-electron chi connectivity index (χ2n) is 2.52. The molecule has 72 valence electrons. The van der Waals surface area contributed by atoms with Crippen LogP contribution in [-0.2, 0) is 0 Å². The molecule has 0 heterocycles. The molecule has 0 bridgehead atoms. The van der Waals surface area contributed by atoms with Crippen molar-refractivity contribution in [3.8, 4) is 6.07 Å². The molecule has 5 heteroatoms. The summed E-state index contributed by atoms with van der Waals surface area (Å²) in [6.45, 7) is 0. The van der Waals surface area contributed by atoms with Crippen LogP contribution in [0.1, 0.15) is 15.9 Å². The topological polar surface area (TPSA) is 40.9 Å². The number of benzene rings is 1. The molecule has 0 fully saturated rings. The number of Topliss-reactive ketones (excluding diaryl/α,β-unsaturated/α-hetero) is 1. The minimum absolute atomic E-state index is 0.0941. The van der Waals surface area contributed by atoms with E-state index in [1.807, 2.05) is 6.07 Å². The molecule has 1 rings (SSSR count). The van der Waals surface area contributed by atoms with E-state index in [4.69, 9.17) is 5.26 Å². The van der Waals surface area contributed by atoms with Crippen molar-refractivity contribution in [2.45, 2.75) is 3.93 Å². The van der Waals surface area contributed by atoms with E-state index in [1.54, 1.807) is 0 Å². The monoisotopic (exact) mass is 307 g/mol. The number of hydrogen-bond acceptors (Lipinski definition) is 2. The quantitative estimate of drug-likeness (QED) is 0.479. The number of halogens is 3. The van der Waals surface area contributed by atoms with Crippen LogP contribution in [-0.4, -0.2) is 9.71 Å². The van der Waals surface area contributed by atoms with E-state index in [1.165, 1.54) is 24.3 Å². The van der Waals surface area contributed by atoms with Crippen LogP contribution in [0.4, 0.5) is 8.78 Å². The number of carbonyl (C=O) groups excluding carboxylic acids is 1. The minimum atomic E-state index is -3.40. The minimum Gasteiger partial charge on any atom is -0.286 e. The third kappa shape index (κ3) is 2.48. The second kappa shape index (κ2) is 4.00. The van der Waals surface area contributed by atoms with Gasteiger partial charge in [0.1, 0.15) is 0 Å². The highest BCUT2D eigenvalue weighted by molar-refractivity contribution is 14.1. The zero-order valence-corrected chi connectivity index (χ0v) is 8.96. The average molecular weight is 307 g/mol. The van der Waals surface area contributed by atoms with Crippen LogP contribution in [0.2, 0.25) is 0 Å². The van der Waals surface area contributed by atoms with E-state index in [9.17, 15) is 13.6 Å². The summed E-state index contributed by atoms with van der Waals surface area (Å²) in [6, 6.07) is 6.92. The first-order valence-corrected chi connectivity index (χ1v) is 4.64. The predicted octanol–water partition coefficient (Wildman–Crippen LogP) is 2.77. The van der Waals surface area contributed by atoms with Crippen LogP contribution in [0, 0.1) is 11.3 Å². The number of nitriles is 1. The first-order valence-electron chi connectivity index (χ1n) is 3.57. The maximum Gasteiger partial charge on any atom is 0.357 e. The van der Waals surface area contributed by atoms with Gasteiger partial charge in [0.25, 0.3) is 0 Å². The van der Waals surface area contributed by atoms with Crippen LogP contribution in [0.25, 0.3) is 0 Å². The molecule has 0 aromatic heterocycles. The van der Waals surface area contributed by atoms with E-state index >= 15 is 0 Å². The Morgan fingerprint density at radius 3 is 2.21 bits per heavy atom. The van der Waals surface area contributed by atoms with Gasteiger partial charge in [-0.2, -0.15) is 14.0 Å². The van der Waals surface area contributed by atoms with E-state index in [2.05, 4.69) is 0 Å². The third-order valence-electron chi connectivity index (χ3n) is 1.53. The van der Waals surface area contributed by atoms with Gasteiger partial charge in [0.05, 0.1) is 11.6 Å². The Balaban J connectivity index is 3.00. The van der Waals surface area contributed by atoms with E-state index in [0.29, 0.717) is 5.56 Å². The highest BCUT2D eigenvalue weighted by atomic mass is 127. The summed E-state index contributed by atoms with van der Waals surface area (Å²) in [5.41, 5.74) is 0.238. The van der Waals surface area contributed by atoms with E-state index in [0.717, 1.165) is 22.6 Å². The summed E-state index contributed by atoms with van der Waals surface area (Å²) >= 11 is 0.776. The van der Waals surface area contributed by atoms with Gasteiger partial charge in [-0.3, -0.25) is 4.79 Å². The van der Waals surface area contributed by atoms with Gasteiger partial charge >= 0.3 is 3.93 Å². The molecular weight excluding hydrogens is 303 g/mol. The second-order valence-corrected chi connectivity index (χ2v) is 3.87. The normalized spacial score (nSPS) is 10.7. The fourth-order valence-corrected chi connectivity index (χ4v) is 1.17. The van der Waals surface area contributed by atoms with Gasteiger partial charge in [0, 0.05) is 28.2 Å². The molecule has 2 nitrogen and oxygen atoms in total. The number of hydrogen-bond donors (Lipinski definition) is 0. The van der Waals surface area contributed by atoms with Crippen molar-refractivity contribution in [3.63, 3.8) is 0 Å². The SMILES string of the molecule is N#Cc1ccc(C(=O)C(F)(F)I)cc1. The van der Waals surface area contributed by atoms with Crippen molar-refractivity contribution in [2.24, 2.45) is 0 Å². The molecule has 14 heavy (non-hydrogen) atoms. The number of alkyl halides is 3. The summed E-state index contributed by atoms with van der Waals surface area (Å²) in [5, 5.41) is 8.44. The van der Waals surface area contributed by atoms with Crippen LogP contribution in [0.3, 0.4) is 0 Å². The Labute approximate surface area is 92.7 Å². The lowest BCUT2D eigenvalue weighted by atomic mass is 10.1. The molecule has 0 unspecified atom stereocenters. The molecule has 0 spiro atoms. The van der Waals surface area contributed by atoms with E-state index < -0.39 is 9.71 Å². The zero-order chi connectivity index (χ0) is 10.8. The highest BCUT2D eigenvalue weighted by Crippen LogP contribution is 2.27. The van der Waals surface area contributed by atoms with Crippen LogP contribution in [0.5, 0.6) is 0 Å². The molecule has 1 aromatic rings. The lowest BCUT2D eigenvalue weighted by Gasteiger charge is -2.06. The van der Waals surface area contributed by atoms with Crippen molar-refractivity contribution >= 4 is 28.4 Å². The van der Waals surface area contributed by atoms with Gasteiger partial charge in [-0.05, 0) is 24.3 Å². The van der Waals surface area contributed by atoms with E-state index in [-0.39, 0.29) is 5.56 Å². The number of carbonyl (C=O) groups is 1. The van der Waals surface area contributed by atoms with Gasteiger partial charge < -0.3 is 0 Å². The van der Waals surface area contributed by atoms with Gasteiger partial charge in [0.15, 0.2) is 0 Å². The molecule has 0 atom stereocenters. The summed E-state index contributed by atoms with van der Waals surface area (Å²) in [5.74, 6) is -1.25. The molecule has 0 aliphatic heterocycles. The molecule has 0 aliphatic carbocycles. The zero-order valence-electron chi connectivity index (χ0n) is 6.80. The largest absolute Gasteiger partial charge is 0.357 e. The van der Waals surface area contributed by atoms with Crippen molar-refractivity contribution in [1.29, 1.82) is 5.26 Å². The summed E-state index contributed by atoms with van der Waals surface area (Å²) < 4.78 is 21.7. The maximum absolute atomic E-state index is 12.6. The van der Waals surface area contributed by atoms with Crippen LogP contribution in [0.15, 0.2) is 24.3 Å². The van der Waals surface area contributed by atoms with Gasteiger partial charge in [-0.15, -0.1) is 0 Å².